The minimum Gasteiger partial charge on any atom is -0.350 e. The maximum absolute atomic E-state index is 13.8. The summed E-state index contributed by atoms with van der Waals surface area (Å²) in [5, 5.41) is 8.87. The molecule has 2 aromatic carbocycles. The fraction of sp³-hybridized carbons (Fsp3) is 0.267. The highest BCUT2D eigenvalue weighted by Crippen LogP contribution is 2.49. The molecule has 3 heterocycles. The third-order valence-corrected chi connectivity index (χ3v) is 8.37. The first-order valence-electron chi connectivity index (χ1n) is 12.8. The average Bonchev–Trinajstić information content (AvgIpc) is 3.27. The van der Waals surface area contributed by atoms with Crippen molar-refractivity contribution in [2.75, 3.05) is 17.2 Å². The molecule has 0 aliphatic carbocycles. The molecule has 1 aliphatic rings. The number of fused-ring (bicyclic) bond motifs is 1. The Morgan fingerprint density at radius 3 is 2.60 bits per heavy atom. The van der Waals surface area contributed by atoms with Crippen LogP contribution in [0.1, 0.15) is 48.4 Å². The zero-order valence-electron chi connectivity index (χ0n) is 22.4. The molecule has 1 atom stereocenters. The van der Waals surface area contributed by atoms with Gasteiger partial charge in [0.25, 0.3) is 0 Å². The number of nitrogens with zero attached hydrogens (tertiary/aromatic N) is 4. The van der Waals surface area contributed by atoms with E-state index in [1.165, 1.54) is 11.8 Å². The van der Waals surface area contributed by atoms with Crippen LogP contribution >= 0.6 is 35.0 Å². The van der Waals surface area contributed by atoms with Crippen molar-refractivity contribution in [3.05, 3.63) is 105 Å². The SMILES string of the molecule is CC(C)(C)c1nn(-c2cccc(Cl)c2)c2c1C(c1ccccc1Cl)SCC(=O)N2CC(=O)NCc1cccnc1. The minimum absolute atomic E-state index is 0.166. The van der Waals surface area contributed by atoms with Crippen molar-refractivity contribution < 1.29 is 9.59 Å². The number of anilines is 1. The second kappa shape index (κ2) is 11.6. The van der Waals surface area contributed by atoms with Crippen LogP contribution in [0.25, 0.3) is 5.69 Å². The monoisotopic (exact) mass is 593 g/mol. The van der Waals surface area contributed by atoms with Crippen molar-refractivity contribution >= 4 is 52.6 Å². The number of rotatable bonds is 6. The lowest BCUT2D eigenvalue weighted by atomic mass is 9.87. The number of amides is 2. The summed E-state index contributed by atoms with van der Waals surface area (Å²) in [5.41, 5.74) is 3.74. The summed E-state index contributed by atoms with van der Waals surface area (Å²) in [4.78, 5) is 32.7. The number of thioether (sulfide) groups is 1. The summed E-state index contributed by atoms with van der Waals surface area (Å²) in [6.07, 6.45) is 3.38. The standard InChI is InChI=1S/C30H29Cl2N5O2S/c1-30(2,3)28-26-27(22-11-4-5-12-23(22)32)40-18-25(39)36(17-24(38)34-16-19-8-7-13-33-15-19)29(26)37(35-28)21-10-6-9-20(31)14-21/h4-15,27H,16-18H2,1-3H3,(H,34,38). The Bertz CT molecular complexity index is 1550. The number of benzene rings is 2. The smallest absolute Gasteiger partial charge is 0.240 e. The molecule has 5 rings (SSSR count). The molecule has 1 unspecified atom stereocenters. The Balaban J connectivity index is 1.67. The molecule has 1 aliphatic heterocycles. The number of halogens is 2. The Labute approximate surface area is 247 Å². The summed E-state index contributed by atoms with van der Waals surface area (Å²) < 4.78 is 1.74. The second-order valence-electron chi connectivity index (χ2n) is 10.6. The van der Waals surface area contributed by atoms with Gasteiger partial charge in [-0.25, -0.2) is 4.68 Å². The lowest BCUT2D eigenvalue weighted by molar-refractivity contribution is -0.123. The highest BCUT2D eigenvalue weighted by molar-refractivity contribution is 8.00. The van der Waals surface area contributed by atoms with Gasteiger partial charge in [-0.3, -0.25) is 19.5 Å². The van der Waals surface area contributed by atoms with Gasteiger partial charge in [-0.15, -0.1) is 11.8 Å². The molecule has 10 heteroatoms. The van der Waals surface area contributed by atoms with Gasteiger partial charge < -0.3 is 5.32 Å². The average molecular weight is 595 g/mol. The molecule has 0 fully saturated rings. The Hall–Kier alpha value is -3.33. The molecule has 0 saturated carbocycles. The third-order valence-electron chi connectivity index (χ3n) is 6.55. The Kier molecular flexibility index (Phi) is 8.21. The molecule has 7 nitrogen and oxygen atoms in total. The molecule has 0 radical (unpaired) electrons. The predicted molar refractivity (Wildman–Crippen MR) is 161 cm³/mol. The quantitative estimate of drug-likeness (QED) is 0.281. The van der Waals surface area contributed by atoms with Crippen molar-refractivity contribution in [2.24, 2.45) is 0 Å². The zero-order chi connectivity index (χ0) is 28.4. The van der Waals surface area contributed by atoms with Crippen LogP contribution in [0.2, 0.25) is 10.0 Å². The van der Waals surface area contributed by atoms with E-state index in [-0.39, 0.29) is 34.8 Å². The number of hydrogen-bond donors (Lipinski definition) is 1. The normalized spacial score (nSPS) is 15.5. The summed E-state index contributed by atoms with van der Waals surface area (Å²) >= 11 is 14.6. The van der Waals surface area contributed by atoms with Crippen molar-refractivity contribution in [3.63, 3.8) is 0 Å². The van der Waals surface area contributed by atoms with Crippen LogP contribution in [0.15, 0.2) is 73.1 Å². The number of carbonyl (C=O) groups is 2. The van der Waals surface area contributed by atoms with Crippen molar-refractivity contribution in [2.45, 2.75) is 38.0 Å². The van der Waals surface area contributed by atoms with Gasteiger partial charge in [0.15, 0.2) is 0 Å². The summed E-state index contributed by atoms with van der Waals surface area (Å²) in [5.74, 6) is 0.227. The van der Waals surface area contributed by atoms with E-state index in [0.717, 1.165) is 22.4 Å². The fourth-order valence-electron chi connectivity index (χ4n) is 4.70. The van der Waals surface area contributed by atoms with Gasteiger partial charge in [0.05, 0.1) is 22.4 Å². The van der Waals surface area contributed by atoms with Crippen molar-refractivity contribution in [3.8, 4) is 5.69 Å². The van der Waals surface area contributed by atoms with E-state index in [0.29, 0.717) is 28.1 Å². The molecular formula is C30H29Cl2N5O2S. The van der Waals surface area contributed by atoms with E-state index >= 15 is 0 Å². The maximum atomic E-state index is 13.8. The second-order valence-corrected chi connectivity index (χ2v) is 12.5. The lowest BCUT2D eigenvalue weighted by Gasteiger charge is -2.25. The van der Waals surface area contributed by atoms with E-state index in [2.05, 4.69) is 31.1 Å². The van der Waals surface area contributed by atoms with E-state index in [1.807, 2.05) is 48.5 Å². The third kappa shape index (κ3) is 5.89. The molecule has 4 aromatic rings. The zero-order valence-corrected chi connectivity index (χ0v) is 24.7. The van der Waals surface area contributed by atoms with Crippen LogP contribution in [-0.2, 0) is 21.5 Å². The number of carbonyl (C=O) groups excluding carboxylic acids is 2. The molecule has 0 bridgehead atoms. The molecule has 2 aromatic heterocycles. The van der Waals surface area contributed by atoms with Crippen LogP contribution in [-0.4, -0.2) is 38.9 Å². The summed E-state index contributed by atoms with van der Waals surface area (Å²) in [6, 6.07) is 18.7. The molecule has 206 valence electrons. The largest absolute Gasteiger partial charge is 0.350 e. The highest BCUT2D eigenvalue weighted by Gasteiger charge is 2.40. The van der Waals surface area contributed by atoms with Crippen LogP contribution in [0.5, 0.6) is 0 Å². The molecule has 40 heavy (non-hydrogen) atoms. The van der Waals surface area contributed by atoms with Gasteiger partial charge in [0, 0.05) is 40.0 Å². The topological polar surface area (TPSA) is 80.1 Å². The van der Waals surface area contributed by atoms with Gasteiger partial charge in [-0.1, -0.05) is 74.3 Å². The number of pyridine rings is 1. The first-order valence-corrected chi connectivity index (χ1v) is 14.7. The minimum atomic E-state index is -0.379. The molecular weight excluding hydrogens is 565 g/mol. The van der Waals surface area contributed by atoms with E-state index < -0.39 is 0 Å². The van der Waals surface area contributed by atoms with Crippen LogP contribution in [0.3, 0.4) is 0 Å². The maximum Gasteiger partial charge on any atom is 0.240 e. The van der Waals surface area contributed by atoms with E-state index in [1.54, 1.807) is 34.1 Å². The highest BCUT2D eigenvalue weighted by atomic mass is 35.5. The van der Waals surface area contributed by atoms with Gasteiger partial charge in [-0.05, 0) is 41.5 Å². The molecule has 1 N–H and O–H groups in total. The fourth-order valence-corrected chi connectivity index (χ4v) is 6.43. The molecule has 0 saturated heterocycles. The number of aromatic nitrogens is 3. The lowest BCUT2D eigenvalue weighted by Crippen LogP contribution is -2.42. The number of hydrogen-bond acceptors (Lipinski definition) is 5. The first kappa shape index (κ1) is 28.2. The van der Waals surface area contributed by atoms with Crippen molar-refractivity contribution in [1.82, 2.24) is 20.1 Å². The van der Waals surface area contributed by atoms with Crippen LogP contribution in [0.4, 0.5) is 5.82 Å². The van der Waals surface area contributed by atoms with Crippen LogP contribution < -0.4 is 10.2 Å². The Morgan fingerprint density at radius 1 is 1.10 bits per heavy atom. The first-order chi connectivity index (χ1) is 19.1. The van der Waals surface area contributed by atoms with Crippen LogP contribution in [0, 0.1) is 0 Å². The predicted octanol–water partition coefficient (Wildman–Crippen LogP) is 6.36. The van der Waals surface area contributed by atoms with Gasteiger partial charge in [-0.2, -0.15) is 5.10 Å². The van der Waals surface area contributed by atoms with Gasteiger partial charge >= 0.3 is 0 Å². The van der Waals surface area contributed by atoms with Gasteiger partial charge in [0.1, 0.15) is 12.4 Å². The number of nitrogens with one attached hydrogen (secondary N) is 1. The molecule has 2 amide bonds. The summed E-state index contributed by atoms with van der Waals surface area (Å²) in [6.45, 7) is 6.40. The summed E-state index contributed by atoms with van der Waals surface area (Å²) in [7, 11) is 0. The van der Waals surface area contributed by atoms with E-state index in [9.17, 15) is 9.59 Å². The van der Waals surface area contributed by atoms with Gasteiger partial charge in [0.2, 0.25) is 11.8 Å². The Morgan fingerprint density at radius 2 is 1.90 bits per heavy atom. The van der Waals surface area contributed by atoms with E-state index in [4.69, 9.17) is 28.3 Å². The van der Waals surface area contributed by atoms with Crippen molar-refractivity contribution in [1.29, 1.82) is 0 Å². The molecule has 0 spiro atoms.